The first kappa shape index (κ1) is 12.6. The number of hydrogen-bond acceptors (Lipinski definition) is 2. The second-order valence-corrected chi connectivity index (χ2v) is 4.24. The highest BCUT2D eigenvalue weighted by molar-refractivity contribution is 5.94. The molecule has 1 amide bonds. The predicted octanol–water partition coefficient (Wildman–Crippen LogP) is 2.34. The minimum atomic E-state index is -0.713. The van der Waals surface area contributed by atoms with Gasteiger partial charge in [-0.2, -0.15) is 4.39 Å². The van der Waals surface area contributed by atoms with Crippen molar-refractivity contribution in [3.8, 4) is 0 Å². The first-order valence-electron chi connectivity index (χ1n) is 5.32. The summed E-state index contributed by atoms with van der Waals surface area (Å²) in [5.74, 6) is -0.712. The van der Waals surface area contributed by atoms with E-state index in [2.05, 4.69) is 4.98 Å². The number of halogens is 1. The first-order chi connectivity index (χ1) is 7.45. The van der Waals surface area contributed by atoms with Gasteiger partial charge in [-0.1, -0.05) is 13.8 Å². The molecular weight excluding hydrogens is 207 g/mol. The van der Waals surface area contributed by atoms with Gasteiger partial charge in [0.2, 0.25) is 5.95 Å². The molecule has 0 aromatic carbocycles. The zero-order chi connectivity index (χ0) is 12.3. The van der Waals surface area contributed by atoms with Crippen molar-refractivity contribution < 1.29 is 9.18 Å². The number of nitrogens with zero attached hydrogens (tertiary/aromatic N) is 2. The molecule has 0 saturated carbocycles. The van der Waals surface area contributed by atoms with E-state index >= 15 is 0 Å². The van der Waals surface area contributed by atoms with Crippen LogP contribution in [0, 0.1) is 11.9 Å². The van der Waals surface area contributed by atoms with Crippen molar-refractivity contribution in [1.82, 2.24) is 9.88 Å². The van der Waals surface area contributed by atoms with Crippen LogP contribution in [-0.2, 0) is 0 Å². The third-order valence-corrected chi connectivity index (χ3v) is 2.89. The largest absolute Gasteiger partial charge is 0.339 e. The van der Waals surface area contributed by atoms with Crippen LogP contribution < -0.4 is 0 Å². The zero-order valence-electron chi connectivity index (χ0n) is 10.1. The molecule has 1 heterocycles. The summed E-state index contributed by atoms with van der Waals surface area (Å²) in [5.41, 5.74) is 0.0255. The highest BCUT2D eigenvalue weighted by Crippen LogP contribution is 2.13. The third kappa shape index (κ3) is 2.56. The van der Waals surface area contributed by atoms with E-state index < -0.39 is 5.95 Å². The van der Waals surface area contributed by atoms with Gasteiger partial charge in [0, 0.05) is 19.3 Å². The van der Waals surface area contributed by atoms with Crippen LogP contribution in [0.3, 0.4) is 0 Å². The lowest BCUT2D eigenvalue weighted by Crippen LogP contribution is -2.38. The molecule has 0 fully saturated rings. The van der Waals surface area contributed by atoms with Gasteiger partial charge in [-0.3, -0.25) is 4.79 Å². The van der Waals surface area contributed by atoms with Gasteiger partial charge in [-0.05, 0) is 25.0 Å². The van der Waals surface area contributed by atoms with Crippen LogP contribution >= 0.6 is 0 Å². The number of carbonyl (C=O) groups is 1. The van der Waals surface area contributed by atoms with Crippen molar-refractivity contribution in [2.45, 2.75) is 26.8 Å². The molecule has 88 valence electrons. The number of aromatic nitrogens is 1. The topological polar surface area (TPSA) is 33.2 Å². The number of hydrogen-bond donors (Lipinski definition) is 0. The molecule has 0 N–H and O–H groups in total. The van der Waals surface area contributed by atoms with Crippen molar-refractivity contribution in [1.29, 1.82) is 0 Å². The molecule has 0 saturated heterocycles. The minimum Gasteiger partial charge on any atom is -0.339 e. The van der Waals surface area contributed by atoms with Crippen LogP contribution in [0.4, 0.5) is 4.39 Å². The van der Waals surface area contributed by atoms with Gasteiger partial charge in [0.1, 0.15) is 0 Å². The number of carbonyl (C=O) groups excluding carboxylic acids is 1. The van der Waals surface area contributed by atoms with Crippen molar-refractivity contribution in [3.05, 3.63) is 29.8 Å². The summed E-state index contributed by atoms with van der Waals surface area (Å²) in [4.78, 5) is 17.0. The lowest BCUT2D eigenvalue weighted by atomic mass is 10.0. The first-order valence-corrected chi connectivity index (χ1v) is 5.32. The van der Waals surface area contributed by atoms with E-state index in [1.807, 2.05) is 20.8 Å². The summed E-state index contributed by atoms with van der Waals surface area (Å²) in [6.45, 7) is 5.99. The average molecular weight is 224 g/mol. The number of rotatable bonds is 3. The maximum absolute atomic E-state index is 13.3. The molecule has 1 atom stereocenters. The molecule has 0 aliphatic rings. The number of amides is 1. The Kier molecular flexibility index (Phi) is 3.99. The molecule has 0 spiro atoms. The van der Waals surface area contributed by atoms with Crippen LogP contribution in [0.2, 0.25) is 0 Å². The molecule has 1 unspecified atom stereocenters. The Labute approximate surface area is 95.3 Å². The molecule has 16 heavy (non-hydrogen) atoms. The van der Waals surface area contributed by atoms with E-state index in [1.54, 1.807) is 18.0 Å². The van der Waals surface area contributed by atoms with Gasteiger partial charge >= 0.3 is 0 Å². The van der Waals surface area contributed by atoms with Crippen LogP contribution in [0.15, 0.2) is 18.3 Å². The van der Waals surface area contributed by atoms with E-state index in [1.165, 1.54) is 12.3 Å². The Bertz CT molecular complexity index is 379. The van der Waals surface area contributed by atoms with Gasteiger partial charge in [0.15, 0.2) is 0 Å². The normalized spacial score (nSPS) is 12.6. The molecule has 0 bridgehead atoms. The monoisotopic (exact) mass is 224 g/mol. The smallest absolute Gasteiger partial charge is 0.258 e. The van der Waals surface area contributed by atoms with Crippen LogP contribution in [0.25, 0.3) is 0 Å². The molecule has 4 heteroatoms. The van der Waals surface area contributed by atoms with Crippen molar-refractivity contribution in [3.63, 3.8) is 0 Å². The average Bonchev–Trinajstić information content (AvgIpc) is 2.26. The highest BCUT2D eigenvalue weighted by Gasteiger charge is 2.22. The molecule has 0 aliphatic carbocycles. The van der Waals surface area contributed by atoms with Gasteiger partial charge in [-0.15, -0.1) is 0 Å². The van der Waals surface area contributed by atoms with E-state index in [4.69, 9.17) is 0 Å². The summed E-state index contributed by atoms with van der Waals surface area (Å²) in [7, 11) is 1.68. The van der Waals surface area contributed by atoms with Crippen molar-refractivity contribution in [2.24, 2.45) is 5.92 Å². The molecule has 1 rings (SSSR count). The quantitative estimate of drug-likeness (QED) is 0.738. The molecule has 0 aliphatic heterocycles. The second-order valence-electron chi connectivity index (χ2n) is 4.24. The summed E-state index contributed by atoms with van der Waals surface area (Å²) < 4.78 is 13.3. The van der Waals surface area contributed by atoms with Gasteiger partial charge in [-0.25, -0.2) is 4.98 Å². The second kappa shape index (κ2) is 5.05. The van der Waals surface area contributed by atoms with Gasteiger partial charge in [0.25, 0.3) is 5.91 Å². The SMILES string of the molecule is CC(C)C(C)N(C)C(=O)c1cccnc1F. The molecule has 1 aromatic heterocycles. The Balaban J connectivity index is 2.91. The van der Waals surface area contributed by atoms with E-state index in [-0.39, 0.29) is 17.5 Å². The van der Waals surface area contributed by atoms with Gasteiger partial charge in [0.05, 0.1) is 5.56 Å². The summed E-state index contributed by atoms with van der Waals surface area (Å²) in [6, 6.07) is 3.07. The molecule has 3 nitrogen and oxygen atoms in total. The van der Waals surface area contributed by atoms with Crippen LogP contribution in [-0.4, -0.2) is 28.9 Å². The lowest BCUT2D eigenvalue weighted by molar-refractivity contribution is 0.0701. The minimum absolute atomic E-state index is 0.0255. The van der Waals surface area contributed by atoms with E-state index in [0.29, 0.717) is 5.92 Å². The fourth-order valence-corrected chi connectivity index (χ4v) is 1.37. The lowest BCUT2D eigenvalue weighted by Gasteiger charge is -2.28. The highest BCUT2D eigenvalue weighted by atomic mass is 19.1. The van der Waals surface area contributed by atoms with E-state index in [0.717, 1.165) is 0 Å². The Hall–Kier alpha value is -1.45. The third-order valence-electron chi connectivity index (χ3n) is 2.89. The van der Waals surface area contributed by atoms with E-state index in [9.17, 15) is 9.18 Å². The Morgan fingerprint density at radius 2 is 2.06 bits per heavy atom. The summed E-state index contributed by atoms with van der Waals surface area (Å²) in [5, 5.41) is 0. The Morgan fingerprint density at radius 3 is 2.56 bits per heavy atom. The fourth-order valence-electron chi connectivity index (χ4n) is 1.37. The van der Waals surface area contributed by atoms with Crippen LogP contribution in [0.5, 0.6) is 0 Å². The molecular formula is C12H17FN2O. The van der Waals surface area contributed by atoms with Crippen LogP contribution in [0.1, 0.15) is 31.1 Å². The predicted molar refractivity (Wildman–Crippen MR) is 60.6 cm³/mol. The summed E-state index contributed by atoms with van der Waals surface area (Å²) in [6.07, 6.45) is 1.33. The van der Waals surface area contributed by atoms with Gasteiger partial charge < -0.3 is 4.90 Å². The standard InChI is InChI=1S/C12H17FN2O/c1-8(2)9(3)15(4)12(16)10-6-5-7-14-11(10)13/h5-9H,1-4H3. The molecule has 1 aromatic rings. The maximum atomic E-state index is 13.3. The zero-order valence-corrected chi connectivity index (χ0v) is 10.1. The molecule has 0 radical (unpaired) electrons. The summed E-state index contributed by atoms with van der Waals surface area (Å²) >= 11 is 0. The van der Waals surface area contributed by atoms with Crippen molar-refractivity contribution in [2.75, 3.05) is 7.05 Å². The Morgan fingerprint density at radius 1 is 1.44 bits per heavy atom. The maximum Gasteiger partial charge on any atom is 0.258 e. The number of pyridine rings is 1. The fraction of sp³-hybridized carbons (Fsp3) is 0.500. The van der Waals surface area contributed by atoms with Crippen molar-refractivity contribution >= 4 is 5.91 Å².